The zero-order valence-electron chi connectivity index (χ0n) is 18.9. The summed E-state index contributed by atoms with van der Waals surface area (Å²) in [5.41, 5.74) is 5.21. The molecule has 0 aliphatic rings. The van der Waals surface area contributed by atoms with Crippen LogP contribution in [0.5, 0.6) is 5.75 Å². The number of rotatable bonds is 8. The Bertz CT molecular complexity index is 1030. The SMILES string of the molecule is CCN(CC(=O)NC(C)c1cc(C)c(C)cc1C)S(=O)(=O)c1ccc(OC)c(C)c1. The number of nitrogens with one attached hydrogen (secondary N) is 1. The average molecular weight is 433 g/mol. The van der Waals surface area contributed by atoms with Gasteiger partial charge in [0.2, 0.25) is 15.9 Å². The molecule has 1 amide bonds. The molecule has 2 aromatic carbocycles. The molecule has 1 unspecified atom stereocenters. The van der Waals surface area contributed by atoms with Crippen molar-refractivity contribution in [2.75, 3.05) is 20.2 Å². The van der Waals surface area contributed by atoms with E-state index in [1.165, 1.54) is 23.0 Å². The van der Waals surface area contributed by atoms with Gasteiger partial charge in [0.05, 0.1) is 24.6 Å². The molecular weight excluding hydrogens is 400 g/mol. The van der Waals surface area contributed by atoms with Gasteiger partial charge in [-0.25, -0.2) is 8.42 Å². The van der Waals surface area contributed by atoms with E-state index in [0.29, 0.717) is 5.75 Å². The number of hydrogen-bond acceptors (Lipinski definition) is 4. The lowest BCUT2D eigenvalue weighted by atomic mass is 9.96. The molecule has 0 radical (unpaired) electrons. The molecule has 7 heteroatoms. The van der Waals surface area contributed by atoms with Gasteiger partial charge in [-0.2, -0.15) is 4.31 Å². The molecule has 0 spiro atoms. The van der Waals surface area contributed by atoms with Crippen LogP contribution in [0.3, 0.4) is 0 Å². The molecule has 0 fully saturated rings. The number of ether oxygens (including phenoxy) is 1. The Labute approximate surface area is 180 Å². The van der Waals surface area contributed by atoms with Crippen LogP contribution in [0.4, 0.5) is 0 Å². The summed E-state index contributed by atoms with van der Waals surface area (Å²) < 4.78 is 32.5. The average Bonchev–Trinajstić information content (AvgIpc) is 2.68. The van der Waals surface area contributed by atoms with Crippen LogP contribution < -0.4 is 10.1 Å². The number of benzene rings is 2. The van der Waals surface area contributed by atoms with Crippen LogP contribution in [0.15, 0.2) is 35.2 Å². The van der Waals surface area contributed by atoms with Crippen molar-refractivity contribution < 1.29 is 17.9 Å². The Morgan fingerprint density at radius 3 is 2.23 bits per heavy atom. The number of likely N-dealkylation sites (N-methyl/N-ethyl adjacent to an activating group) is 1. The predicted octanol–water partition coefficient (Wildman–Crippen LogP) is 3.82. The van der Waals surface area contributed by atoms with Crippen molar-refractivity contribution in [1.82, 2.24) is 9.62 Å². The van der Waals surface area contributed by atoms with Gasteiger partial charge < -0.3 is 10.1 Å². The minimum Gasteiger partial charge on any atom is -0.496 e. The van der Waals surface area contributed by atoms with Gasteiger partial charge in [0.1, 0.15) is 5.75 Å². The van der Waals surface area contributed by atoms with E-state index in [1.807, 2.05) is 20.8 Å². The van der Waals surface area contributed by atoms with Crippen molar-refractivity contribution in [3.8, 4) is 5.75 Å². The zero-order valence-corrected chi connectivity index (χ0v) is 19.7. The Morgan fingerprint density at radius 2 is 1.67 bits per heavy atom. The van der Waals surface area contributed by atoms with Crippen LogP contribution >= 0.6 is 0 Å². The Hall–Kier alpha value is -2.38. The van der Waals surface area contributed by atoms with Gasteiger partial charge in [0.25, 0.3) is 0 Å². The molecule has 0 saturated heterocycles. The lowest BCUT2D eigenvalue weighted by molar-refractivity contribution is -0.121. The second-order valence-corrected chi connectivity index (χ2v) is 9.58. The Balaban J connectivity index is 2.17. The van der Waals surface area contributed by atoms with Crippen molar-refractivity contribution in [3.05, 3.63) is 58.1 Å². The van der Waals surface area contributed by atoms with E-state index in [4.69, 9.17) is 4.74 Å². The number of carbonyl (C=O) groups excluding carboxylic acids is 1. The molecular formula is C23H32N2O4S. The fourth-order valence-corrected chi connectivity index (χ4v) is 4.99. The highest BCUT2D eigenvalue weighted by Gasteiger charge is 2.26. The lowest BCUT2D eigenvalue weighted by Gasteiger charge is -2.23. The summed E-state index contributed by atoms with van der Waals surface area (Å²) in [6.45, 7) is 11.5. The molecule has 0 aliphatic carbocycles. The molecule has 2 aromatic rings. The van der Waals surface area contributed by atoms with Gasteiger partial charge in [0.15, 0.2) is 0 Å². The van der Waals surface area contributed by atoms with Crippen LogP contribution in [-0.4, -0.2) is 38.8 Å². The highest BCUT2D eigenvalue weighted by atomic mass is 32.2. The highest BCUT2D eigenvalue weighted by Crippen LogP contribution is 2.24. The number of methoxy groups -OCH3 is 1. The zero-order chi connectivity index (χ0) is 22.6. The Kier molecular flexibility index (Phi) is 7.66. The third kappa shape index (κ3) is 5.21. The molecule has 0 saturated carbocycles. The van der Waals surface area contributed by atoms with E-state index < -0.39 is 10.0 Å². The molecule has 6 nitrogen and oxygen atoms in total. The first-order chi connectivity index (χ1) is 14.0. The van der Waals surface area contributed by atoms with Gasteiger partial charge in [-0.05, 0) is 80.6 Å². The summed E-state index contributed by atoms with van der Waals surface area (Å²) >= 11 is 0. The van der Waals surface area contributed by atoms with E-state index in [0.717, 1.165) is 22.3 Å². The minimum atomic E-state index is -3.80. The third-order valence-electron chi connectivity index (χ3n) is 5.40. The lowest BCUT2D eigenvalue weighted by Crippen LogP contribution is -2.41. The number of nitrogens with zero attached hydrogens (tertiary/aromatic N) is 1. The number of carbonyl (C=O) groups is 1. The summed E-state index contributed by atoms with van der Waals surface area (Å²) in [5, 5.41) is 2.94. The smallest absolute Gasteiger partial charge is 0.243 e. The van der Waals surface area contributed by atoms with Gasteiger partial charge in [-0.3, -0.25) is 4.79 Å². The maximum absolute atomic E-state index is 13.0. The van der Waals surface area contributed by atoms with Crippen LogP contribution in [0.25, 0.3) is 0 Å². The number of aryl methyl sites for hydroxylation is 4. The number of hydrogen-bond donors (Lipinski definition) is 1. The van der Waals surface area contributed by atoms with Crippen molar-refractivity contribution in [2.24, 2.45) is 0 Å². The minimum absolute atomic E-state index is 0.147. The van der Waals surface area contributed by atoms with Gasteiger partial charge >= 0.3 is 0 Å². The quantitative estimate of drug-likeness (QED) is 0.688. The molecule has 0 aliphatic heterocycles. The molecule has 0 bridgehead atoms. The molecule has 1 atom stereocenters. The maximum Gasteiger partial charge on any atom is 0.243 e. The molecule has 0 heterocycles. The molecule has 0 aromatic heterocycles. The second-order valence-electron chi connectivity index (χ2n) is 7.64. The molecule has 164 valence electrons. The summed E-state index contributed by atoms with van der Waals surface area (Å²) in [6.07, 6.45) is 0. The largest absolute Gasteiger partial charge is 0.496 e. The topological polar surface area (TPSA) is 75.7 Å². The van der Waals surface area contributed by atoms with Gasteiger partial charge in [-0.15, -0.1) is 0 Å². The van der Waals surface area contributed by atoms with Crippen molar-refractivity contribution in [2.45, 2.75) is 52.5 Å². The maximum atomic E-state index is 13.0. The first-order valence-electron chi connectivity index (χ1n) is 10.0. The molecule has 2 rings (SSSR count). The van der Waals surface area contributed by atoms with Gasteiger partial charge in [0, 0.05) is 6.54 Å². The fourth-order valence-electron chi connectivity index (χ4n) is 3.50. The second kappa shape index (κ2) is 9.62. The third-order valence-corrected chi connectivity index (χ3v) is 7.32. The molecule has 30 heavy (non-hydrogen) atoms. The van der Waals surface area contributed by atoms with Gasteiger partial charge in [-0.1, -0.05) is 19.1 Å². The predicted molar refractivity (Wildman–Crippen MR) is 119 cm³/mol. The van der Waals surface area contributed by atoms with Crippen LogP contribution in [0.1, 0.15) is 47.7 Å². The normalized spacial score (nSPS) is 12.7. The summed E-state index contributed by atoms with van der Waals surface area (Å²) in [7, 11) is -2.26. The van der Waals surface area contributed by atoms with E-state index in [9.17, 15) is 13.2 Å². The standard InChI is InChI=1S/C23H32N2O4S/c1-8-25(30(27,28)20-9-10-22(29-7)18(5)12-20)14-23(26)24-19(6)21-13-16(3)15(2)11-17(21)4/h9-13,19H,8,14H2,1-7H3,(H,24,26). The van der Waals surface area contributed by atoms with Crippen molar-refractivity contribution in [1.29, 1.82) is 0 Å². The first kappa shape index (κ1) is 23.9. The van der Waals surface area contributed by atoms with E-state index in [-0.39, 0.29) is 29.9 Å². The van der Waals surface area contributed by atoms with E-state index >= 15 is 0 Å². The monoisotopic (exact) mass is 432 g/mol. The first-order valence-corrected chi connectivity index (χ1v) is 11.5. The van der Waals surface area contributed by atoms with Crippen LogP contribution in [-0.2, 0) is 14.8 Å². The summed E-state index contributed by atoms with van der Waals surface area (Å²) in [6, 6.07) is 8.65. The number of sulfonamides is 1. The van der Waals surface area contributed by atoms with E-state index in [1.54, 1.807) is 26.0 Å². The van der Waals surface area contributed by atoms with Crippen molar-refractivity contribution >= 4 is 15.9 Å². The summed E-state index contributed by atoms with van der Waals surface area (Å²) in [4.78, 5) is 12.8. The highest BCUT2D eigenvalue weighted by molar-refractivity contribution is 7.89. The number of amides is 1. The van der Waals surface area contributed by atoms with Crippen LogP contribution in [0.2, 0.25) is 0 Å². The van der Waals surface area contributed by atoms with Crippen molar-refractivity contribution in [3.63, 3.8) is 0 Å². The Morgan fingerprint density at radius 1 is 1.03 bits per heavy atom. The van der Waals surface area contributed by atoms with Crippen LogP contribution in [0, 0.1) is 27.7 Å². The fraction of sp³-hybridized carbons (Fsp3) is 0.435. The molecule has 1 N–H and O–H groups in total. The summed E-state index contributed by atoms with van der Waals surface area (Å²) in [5.74, 6) is 0.281. The van der Waals surface area contributed by atoms with E-state index in [2.05, 4.69) is 24.4 Å².